The van der Waals surface area contributed by atoms with Crippen LogP contribution < -0.4 is 15.8 Å². The molecule has 0 saturated heterocycles. The number of hydrogen-bond donors (Lipinski definition) is 2. The van der Waals surface area contributed by atoms with Crippen LogP contribution in [0.2, 0.25) is 0 Å². The molecule has 0 unspecified atom stereocenters. The van der Waals surface area contributed by atoms with E-state index in [0.29, 0.717) is 19.1 Å². The van der Waals surface area contributed by atoms with Crippen molar-refractivity contribution in [1.29, 1.82) is 0 Å². The van der Waals surface area contributed by atoms with E-state index in [2.05, 4.69) is 29.6 Å². The van der Waals surface area contributed by atoms with Crippen molar-refractivity contribution in [2.75, 3.05) is 13.7 Å². The maximum absolute atomic E-state index is 12.5. The van der Waals surface area contributed by atoms with Gasteiger partial charge in [0.1, 0.15) is 5.75 Å². The van der Waals surface area contributed by atoms with E-state index < -0.39 is 5.41 Å². The molecule has 3 N–H and O–H groups in total. The molecular weight excluding hydrogens is 372 g/mol. The van der Waals surface area contributed by atoms with Gasteiger partial charge >= 0.3 is 0 Å². The van der Waals surface area contributed by atoms with E-state index in [1.807, 2.05) is 38.2 Å². The molecule has 0 radical (unpaired) electrons. The van der Waals surface area contributed by atoms with E-state index in [1.54, 1.807) is 0 Å². The molecule has 1 fully saturated rings. The molecule has 3 rings (SSSR count). The lowest BCUT2D eigenvalue weighted by molar-refractivity contribution is -0.129. The first-order chi connectivity index (χ1) is 13.1. The van der Waals surface area contributed by atoms with Gasteiger partial charge in [-0.3, -0.25) is 4.79 Å². The van der Waals surface area contributed by atoms with Crippen molar-refractivity contribution in [3.63, 3.8) is 0 Å². The largest absolute Gasteiger partial charge is 0.494 e. The Kier molecular flexibility index (Phi) is 7.90. The Hall–Kier alpha value is -2.04. The number of benzene rings is 2. The highest BCUT2D eigenvalue weighted by Crippen LogP contribution is 2.41. The van der Waals surface area contributed by atoms with Crippen LogP contribution in [0.5, 0.6) is 5.75 Å². The Bertz CT molecular complexity index is 771. The van der Waals surface area contributed by atoms with Crippen LogP contribution in [0, 0.1) is 5.41 Å². The van der Waals surface area contributed by atoms with E-state index in [4.69, 9.17) is 10.5 Å². The topological polar surface area (TPSA) is 64.3 Å². The van der Waals surface area contributed by atoms with Crippen molar-refractivity contribution < 1.29 is 9.53 Å². The molecule has 0 aromatic heterocycles. The molecule has 0 atom stereocenters. The maximum Gasteiger partial charge on any atom is 0.223 e. The fourth-order valence-electron chi connectivity index (χ4n) is 4.16. The number of carbonyl (C=O) groups excluding carboxylic acids is 1. The van der Waals surface area contributed by atoms with Gasteiger partial charge in [0.05, 0.1) is 12.0 Å². The number of nitrogens with two attached hydrogens (primary N) is 1. The molecule has 1 saturated carbocycles. The Morgan fingerprint density at radius 3 is 2.39 bits per heavy atom. The van der Waals surface area contributed by atoms with Crippen LogP contribution in [0.1, 0.15) is 38.2 Å². The predicted octanol–water partition coefficient (Wildman–Crippen LogP) is 4.35. The third-order valence-corrected chi connectivity index (χ3v) is 5.87. The van der Waals surface area contributed by atoms with E-state index in [9.17, 15) is 4.79 Å². The van der Waals surface area contributed by atoms with Crippen molar-refractivity contribution in [2.45, 2.75) is 45.1 Å². The summed E-state index contributed by atoms with van der Waals surface area (Å²) < 4.78 is 5.87. The second-order valence-electron chi connectivity index (χ2n) is 7.51. The molecule has 2 aromatic rings. The summed E-state index contributed by atoms with van der Waals surface area (Å²) in [4.78, 5) is 12.5. The standard InChI is InChI=1S/C23H30N2O2.ClH/c1-3-27-21-10-9-18(17-7-5-4-6-8-17)15-19(21)16-23(22(24)26)13-11-20(25-2)12-14-23;/h4-10,15,20,25H,3,11-14,16H2,1-2H3,(H2,24,26);1H. The molecule has 2 aromatic carbocycles. The molecule has 152 valence electrons. The second-order valence-corrected chi connectivity index (χ2v) is 7.51. The average Bonchev–Trinajstić information content (AvgIpc) is 2.70. The van der Waals surface area contributed by atoms with Gasteiger partial charge in [0.15, 0.2) is 0 Å². The summed E-state index contributed by atoms with van der Waals surface area (Å²) in [6.45, 7) is 2.58. The van der Waals surface area contributed by atoms with E-state index in [1.165, 1.54) is 0 Å². The van der Waals surface area contributed by atoms with Gasteiger partial charge in [-0.05, 0) is 74.9 Å². The molecule has 0 aliphatic heterocycles. The Morgan fingerprint density at radius 2 is 1.82 bits per heavy atom. The van der Waals surface area contributed by atoms with Crippen LogP contribution in [0.4, 0.5) is 0 Å². The summed E-state index contributed by atoms with van der Waals surface area (Å²) in [6.07, 6.45) is 4.21. The average molecular weight is 403 g/mol. The molecule has 28 heavy (non-hydrogen) atoms. The molecular formula is C23H31ClN2O2. The lowest BCUT2D eigenvalue weighted by atomic mass is 9.68. The third kappa shape index (κ3) is 4.86. The van der Waals surface area contributed by atoms with Gasteiger partial charge in [-0.1, -0.05) is 36.4 Å². The van der Waals surface area contributed by atoms with Crippen LogP contribution in [0.15, 0.2) is 48.5 Å². The fraction of sp³-hybridized carbons (Fsp3) is 0.435. The van der Waals surface area contributed by atoms with Crippen molar-refractivity contribution in [3.05, 3.63) is 54.1 Å². The first kappa shape index (κ1) is 22.3. The van der Waals surface area contributed by atoms with E-state index in [-0.39, 0.29) is 18.3 Å². The zero-order chi connectivity index (χ0) is 19.3. The minimum absolute atomic E-state index is 0. The SMILES string of the molecule is CCOc1ccc(-c2ccccc2)cc1CC1(C(N)=O)CCC(NC)CC1.Cl. The van der Waals surface area contributed by atoms with Gasteiger partial charge in [0.2, 0.25) is 5.91 Å². The van der Waals surface area contributed by atoms with Crippen LogP contribution in [0.25, 0.3) is 11.1 Å². The second kappa shape index (κ2) is 9.94. The summed E-state index contributed by atoms with van der Waals surface area (Å²) in [6, 6.07) is 17.0. The number of amides is 1. The number of primary amides is 1. The minimum atomic E-state index is -0.492. The Labute approximate surface area is 174 Å². The minimum Gasteiger partial charge on any atom is -0.494 e. The number of halogens is 1. The van der Waals surface area contributed by atoms with E-state index >= 15 is 0 Å². The number of nitrogens with one attached hydrogen (secondary N) is 1. The van der Waals surface area contributed by atoms with Crippen molar-refractivity contribution in [3.8, 4) is 16.9 Å². The van der Waals surface area contributed by atoms with Gasteiger partial charge in [0.25, 0.3) is 0 Å². The summed E-state index contributed by atoms with van der Waals surface area (Å²) in [5.41, 5.74) is 8.79. The first-order valence-electron chi connectivity index (χ1n) is 9.86. The highest BCUT2D eigenvalue weighted by molar-refractivity contribution is 5.85. The summed E-state index contributed by atoms with van der Waals surface area (Å²) in [5, 5.41) is 3.33. The van der Waals surface area contributed by atoms with Gasteiger partial charge in [-0.2, -0.15) is 0 Å². The van der Waals surface area contributed by atoms with Crippen molar-refractivity contribution in [2.24, 2.45) is 11.1 Å². The highest BCUT2D eigenvalue weighted by Gasteiger charge is 2.40. The number of hydrogen-bond acceptors (Lipinski definition) is 3. The Balaban J connectivity index is 0.00000280. The van der Waals surface area contributed by atoms with Crippen LogP contribution in [-0.4, -0.2) is 25.6 Å². The number of carbonyl (C=O) groups is 1. The lowest BCUT2D eigenvalue weighted by Crippen LogP contribution is -2.45. The predicted molar refractivity (Wildman–Crippen MR) is 117 cm³/mol. The quantitative estimate of drug-likeness (QED) is 0.723. The van der Waals surface area contributed by atoms with E-state index in [0.717, 1.165) is 48.1 Å². The van der Waals surface area contributed by atoms with Gasteiger partial charge in [-0.15, -0.1) is 12.4 Å². The molecule has 5 heteroatoms. The molecule has 1 amide bonds. The number of ether oxygens (including phenoxy) is 1. The lowest BCUT2D eigenvalue weighted by Gasteiger charge is -2.38. The molecule has 0 bridgehead atoms. The maximum atomic E-state index is 12.5. The Morgan fingerprint density at radius 1 is 1.14 bits per heavy atom. The van der Waals surface area contributed by atoms with Crippen molar-refractivity contribution in [1.82, 2.24) is 5.32 Å². The van der Waals surface area contributed by atoms with Crippen LogP contribution >= 0.6 is 12.4 Å². The smallest absolute Gasteiger partial charge is 0.223 e. The van der Waals surface area contributed by atoms with Crippen LogP contribution in [-0.2, 0) is 11.2 Å². The summed E-state index contributed by atoms with van der Waals surface area (Å²) in [7, 11) is 1.98. The zero-order valence-corrected chi connectivity index (χ0v) is 17.6. The first-order valence-corrected chi connectivity index (χ1v) is 9.86. The van der Waals surface area contributed by atoms with Gasteiger partial charge in [-0.25, -0.2) is 0 Å². The highest BCUT2D eigenvalue weighted by atomic mass is 35.5. The summed E-state index contributed by atoms with van der Waals surface area (Å²) >= 11 is 0. The molecule has 1 aliphatic carbocycles. The number of rotatable bonds is 7. The third-order valence-electron chi connectivity index (χ3n) is 5.87. The zero-order valence-electron chi connectivity index (χ0n) is 16.7. The molecule has 0 spiro atoms. The normalized spacial score (nSPS) is 21.6. The van der Waals surface area contributed by atoms with Crippen molar-refractivity contribution >= 4 is 18.3 Å². The molecule has 0 heterocycles. The van der Waals surface area contributed by atoms with Gasteiger partial charge in [0, 0.05) is 6.04 Å². The van der Waals surface area contributed by atoms with Gasteiger partial charge < -0.3 is 15.8 Å². The fourth-order valence-corrected chi connectivity index (χ4v) is 4.16. The van der Waals surface area contributed by atoms with Crippen LogP contribution in [0.3, 0.4) is 0 Å². The monoisotopic (exact) mass is 402 g/mol. The summed E-state index contributed by atoms with van der Waals surface area (Å²) in [5.74, 6) is 0.665. The molecule has 4 nitrogen and oxygen atoms in total. The molecule has 1 aliphatic rings.